The van der Waals surface area contributed by atoms with Crippen LogP contribution in [0.3, 0.4) is 0 Å². The summed E-state index contributed by atoms with van der Waals surface area (Å²) in [6, 6.07) is 0.749. The second kappa shape index (κ2) is 6.77. The van der Waals surface area contributed by atoms with Crippen molar-refractivity contribution in [1.82, 2.24) is 10.2 Å². The van der Waals surface area contributed by atoms with Gasteiger partial charge in [-0.05, 0) is 18.7 Å². The summed E-state index contributed by atoms with van der Waals surface area (Å²) in [7, 11) is 0. The summed E-state index contributed by atoms with van der Waals surface area (Å²) < 4.78 is 0. The zero-order chi connectivity index (χ0) is 11.3. The second-order valence-electron chi connectivity index (χ2n) is 4.60. The van der Waals surface area contributed by atoms with Crippen LogP contribution in [0.4, 0.5) is 0 Å². The summed E-state index contributed by atoms with van der Waals surface area (Å²) in [5.74, 6) is 0.827. The first-order chi connectivity index (χ1) is 7.22. The number of thioether (sulfide) groups is 1. The lowest BCUT2D eigenvalue weighted by molar-refractivity contribution is 0.191. The first-order valence-electron chi connectivity index (χ1n) is 6.20. The maximum Gasteiger partial charge on any atom is 0.0351 e. The standard InChI is InChI=1S/C12H26N2S/c1-5-10(3)9-14(6-2)11-7-13-8-12(11)15-4/h10-13H,5-9H2,1-4H3. The molecule has 1 saturated heterocycles. The Morgan fingerprint density at radius 3 is 2.67 bits per heavy atom. The molecule has 90 valence electrons. The molecule has 2 nitrogen and oxygen atoms in total. The number of rotatable bonds is 6. The predicted octanol–water partition coefficient (Wildman–Crippen LogP) is 2.06. The zero-order valence-corrected chi connectivity index (χ0v) is 11.4. The van der Waals surface area contributed by atoms with Crippen molar-refractivity contribution >= 4 is 11.8 Å². The van der Waals surface area contributed by atoms with E-state index in [1.807, 2.05) is 11.8 Å². The van der Waals surface area contributed by atoms with E-state index >= 15 is 0 Å². The molecule has 0 spiro atoms. The molecule has 3 heteroatoms. The fourth-order valence-corrected chi connectivity index (χ4v) is 3.14. The van der Waals surface area contributed by atoms with Gasteiger partial charge in [0.15, 0.2) is 0 Å². The molecule has 0 aromatic carbocycles. The third kappa shape index (κ3) is 3.65. The molecule has 0 aromatic heterocycles. The van der Waals surface area contributed by atoms with E-state index in [0.29, 0.717) is 0 Å². The van der Waals surface area contributed by atoms with Crippen LogP contribution in [-0.4, -0.2) is 48.6 Å². The van der Waals surface area contributed by atoms with E-state index in [0.717, 1.165) is 17.2 Å². The Morgan fingerprint density at radius 1 is 1.40 bits per heavy atom. The van der Waals surface area contributed by atoms with Gasteiger partial charge in [-0.2, -0.15) is 11.8 Å². The van der Waals surface area contributed by atoms with Gasteiger partial charge in [-0.3, -0.25) is 4.90 Å². The number of nitrogens with one attached hydrogen (secondary N) is 1. The van der Waals surface area contributed by atoms with Crippen LogP contribution in [0.5, 0.6) is 0 Å². The molecule has 0 aromatic rings. The topological polar surface area (TPSA) is 15.3 Å². The monoisotopic (exact) mass is 230 g/mol. The van der Waals surface area contributed by atoms with Crippen LogP contribution in [0.2, 0.25) is 0 Å². The van der Waals surface area contributed by atoms with Gasteiger partial charge in [0.1, 0.15) is 0 Å². The van der Waals surface area contributed by atoms with Crippen molar-refractivity contribution in [3.05, 3.63) is 0 Å². The molecule has 0 bridgehead atoms. The fourth-order valence-electron chi connectivity index (χ4n) is 2.27. The van der Waals surface area contributed by atoms with Gasteiger partial charge in [0.05, 0.1) is 0 Å². The Balaban J connectivity index is 2.49. The van der Waals surface area contributed by atoms with Crippen LogP contribution in [0.15, 0.2) is 0 Å². The number of nitrogens with zero attached hydrogens (tertiary/aromatic N) is 1. The summed E-state index contributed by atoms with van der Waals surface area (Å²) in [4.78, 5) is 2.66. The highest BCUT2D eigenvalue weighted by Gasteiger charge is 2.30. The van der Waals surface area contributed by atoms with Crippen molar-refractivity contribution in [3.63, 3.8) is 0 Å². The summed E-state index contributed by atoms with van der Waals surface area (Å²) in [6.45, 7) is 11.7. The summed E-state index contributed by atoms with van der Waals surface area (Å²) in [5.41, 5.74) is 0. The molecule has 0 saturated carbocycles. The molecule has 1 aliphatic rings. The van der Waals surface area contributed by atoms with Gasteiger partial charge in [0.2, 0.25) is 0 Å². The average molecular weight is 230 g/mol. The van der Waals surface area contributed by atoms with E-state index in [2.05, 4.69) is 37.2 Å². The Kier molecular flexibility index (Phi) is 6.02. The smallest absolute Gasteiger partial charge is 0.0351 e. The van der Waals surface area contributed by atoms with Crippen LogP contribution in [0, 0.1) is 5.92 Å². The van der Waals surface area contributed by atoms with Crippen LogP contribution in [0.1, 0.15) is 27.2 Å². The van der Waals surface area contributed by atoms with E-state index in [9.17, 15) is 0 Å². The Morgan fingerprint density at radius 2 is 2.13 bits per heavy atom. The Hall–Kier alpha value is 0.270. The molecule has 1 rings (SSSR count). The quantitative estimate of drug-likeness (QED) is 0.752. The highest BCUT2D eigenvalue weighted by Crippen LogP contribution is 2.21. The predicted molar refractivity (Wildman–Crippen MR) is 70.7 cm³/mol. The van der Waals surface area contributed by atoms with E-state index in [1.165, 1.54) is 32.6 Å². The first kappa shape index (κ1) is 13.3. The van der Waals surface area contributed by atoms with Crippen LogP contribution in [0.25, 0.3) is 0 Å². The van der Waals surface area contributed by atoms with E-state index in [4.69, 9.17) is 0 Å². The summed E-state index contributed by atoms with van der Waals surface area (Å²) >= 11 is 2.01. The minimum absolute atomic E-state index is 0.749. The van der Waals surface area contributed by atoms with Gasteiger partial charge in [-0.1, -0.05) is 27.2 Å². The number of hydrogen-bond acceptors (Lipinski definition) is 3. The molecular weight excluding hydrogens is 204 g/mol. The van der Waals surface area contributed by atoms with Gasteiger partial charge >= 0.3 is 0 Å². The maximum atomic E-state index is 3.52. The van der Waals surface area contributed by atoms with Crippen molar-refractivity contribution < 1.29 is 0 Å². The molecule has 1 N–H and O–H groups in total. The van der Waals surface area contributed by atoms with Crippen LogP contribution >= 0.6 is 11.8 Å². The number of likely N-dealkylation sites (N-methyl/N-ethyl adjacent to an activating group) is 1. The second-order valence-corrected chi connectivity index (χ2v) is 5.68. The third-order valence-corrected chi connectivity index (χ3v) is 4.64. The van der Waals surface area contributed by atoms with Gasteiger partial charge < -0.3 is 5.32 Å². The van der Waals surface area contributed by atoms with Gasteiger partial charge in [-0.25, -0.2) is 0 Å². The minimum Gasteiger partial charge on any atom is -0.314 e. The van der Waals surface area contributed by atoms with Gasteiger partial charge in [0.25, 0.3) is 0 Å². The molecule has 0 amide bonds. The van der Waals surface area contributed by atoms with E-state index in [1.54, 1.807) is 0 Å². The SMILES string of the molecule is CCC(C)CN(CC)C1CNCC1SC. The summed E-state index contributed by atoms with van der Waals surface area (Å²) in [5, 5.41) is 4.30. The van der Waals surface area contributed by atoms with Crippen molar-refractivity contribution in [1.29, 1.82) is 0 Å². The minimum atomic E-state index is 0.749. The Labute approximate surface area is 99.2 Å². The van der Waals surface area contributed by atoms with Gasteiger partial charge in [0, 0.05) is 30.9 Å². The molecule has 3 atom stereocenters. The van der Waals surface area contributed by atoms with Gasteiger partial charge in [-0.15, -0.1) is 0 Å². The van der Waals surface area contributed by atoms with Crippen molar-refractivity contribution in [3.8, 4) is 0 Å². The van der Waals surface area contributed by atoms with Crippen molar-refractivity contribution in [2.45, 2.75) is 38.5 Å². The highest BCUT2D eigenvalue weighted by molar-refractivity contribution is 7.99. The largest absolute Gasteiger partial charge is 0.314 e. The molecule has 0 radical (unpaired) electrons. The normalized spacial score (nSPS) is 28.6. The van der Waals surface area contributed by atoms with E-state index in [-0.39, 0.29) is 0 Å². The zero-order valence-electron chi connectivity index (χ0n) is 10.6. The lowest BCUT2D eigenvalue weighted by Crippen LogP contribution is -2.44. The number of hydrogen-bond donors (Lipinski definition) is 1. The average Bonchev–Trinajstić information content (AvgIpc) is 2.73. The molecule has 1 heterocycles. The highest BCUT2D eigenvalue weighted by atomic mass is 32.2. The Bertz CT molecular complexity index is 175. The lowest BCUT2D eigenvalue weighted by atomic mass is 10.1. The first-order valence-corrected chi connectivity index (χ1v) is 7.49. The molecule has 1 fully saturated rings. The molecule has 0 aliphatic carbocycles. The molecule has 3 unspecified atom stereocenters. The maximum absolute atomic E-state index is 3.52. The van der Waals surface area contributed by atoms with E-state index < -0.39 is 0 Å². The van der Waals surface area contributed by atoms with Crippen molar-refractivity contribution in [2.24, 2.45) is 5.92 Å². The fraction of sp³-hybridized carbons (Fsp3) is 1.00. The summed E-state index contributed by atoms with van der Waals surface area (Å²) in [6.07, 6.45) is 3.53. The third-order valence-electron chi connectivity index (χ3n) is 3.55. The lowest BCUT2D eigenvalue weighted by Gasteiger charge is -2.32. The van der Waals surface area contributed by atoms with Crippen molar-refractivity contribution in [2.75, 3.05) is 32.4 Å². The van der Waals surface area contributed by atoms with Crippen LogP contribution in [-0.2, 0) is 0 Å². The molecular formula is C12H26N2S. The molecule has 15 heavy (non-hydrogen) atoms. The van der Waals surface area contributed by atoms with Crippen LogP contribution < -0.4 is 5.32 Å². The molecule has 1 aliphatic heterocycles.